The first kappa shape index (κ1) is 17.9. The van der Waals surface area contributed by atoms with Gasteiger partial charge in [-0.3, -0.25) is 4.98 Å². The van der Waals surface area contributed by atoms with Crippen LogP contribution in [-0.2, 0) is 7.05 Å². The van der Waals surface area contributed by atoms with Gasteiger partial charge in [0.15, 0.2) is 5.11 Å². The summed E-state index contributed by atoms with van der Waals surface area (Å²) in [6.45, 7) is 6.18. The molecule has 0 radical (unpaired) electrons. The van der Waals surface area contributed by atoms with Crippen LogP contribution in [0.2, 0.25) is 0 Å². The minimum atomic E-state index is 0.0661. The second-order valence-electron chi connectivity index (χ2n) is 7.01. The molecular formula is C19H27N5S. The maximum atomic E-state index is 5.69. The Balaban J connectivity index is 2.03. The molecule has 0 bridgehead atoms. The number of nitrogens with one attached hydrogen (secondary N) is 1. The molecule has 2 aromatic heterocycles. The van der Waals surface area contributed by atoms with Gasteiger partial charge in [0.1, 0.15) is 0 Å². The predicted octanol–water partition coefficient (Wildman–Crippen LogP) is 2.57. The van der Waals surface area contributed by atoms with Crippen LogP contribution >= 0.6 is 12.2 Å². The van der Waals surface area contributed by atoms with E-state index in [0.717, 1.165) is 23.9 Å². The van der Waals surface area contributed by atoms with Crippen LogP contribution in [0, 0.1) is 13.8 Å². The lowest BCUT2D eigenvalue weighted by Gasteiger charge is -2.29. The van der Waals surface area contributed by atoms with Crippen molar-refractivity contribution < 1.29 is 0 Å². The third-order valence-corrected chi connectivity index (χ3v) is 5.47. The smallest absolute Gasteiger partial charge is 0.170 e. The summed E-state index contributed by atoms with van der Waals surface area (Å²) in [4.78, 5) is 9.10. The fourth-order valence-corrected chi connectivity index (χ4v) is 3.81. The van der Waals surface area contributed by atoms with E-state index in [0.29, 0.717) is 0 Å². The van der Waals surface area contributed by atoms with E-state index in [2.05, 4.69) is 71.8 Å². The van der Waals surface area contributed by atoms with Crippen molar-refractivity contribution in [3.63, 3.8) is 0 Å². The summed E-state index contributed by atoms with van der Waals surface area (Å²) >= 11 is 5.69. The quantitative estimate of drug-likeness (QED) is 0.833. The molecular weight excluding hydrogens is 330 g/mol. The zero-order chi connectivity index (χ0) is 18.1. The highest BCUT2D eigenvalue weighted by atomic mass is 32.1. The van der Waals surface area contributed by atoms with Gasteiger partial charge in [-0.2, -0.15) is 0 Å². The van der Waals surface area contributed by atoms with E-state index in [4.69, 9.17) is 12.2 Å². The molecule has 5 nitrogen and oxygen atoms in total. The molecule has 0 saturated carbocycles. The second-order valence-corrected chi connectivity index (χ2v) is 7.40. The minimum absolute atomic E-state index is 0.0661. The van der Waals surface area contributed by atoms with Crippen molar-refractivity contribution in [2.45, 2.75) is 25.9 Å². The maximum Gasteiger partial charge on any atom is 0.170 e. The molecule has 25 heavy (non-hydrogen) atoms. The Bertz CT molecular complexity index is 753. The van der Waals surface area contributed by atoms with Gasteiger partial charge in [-0.25, -0.2) is 0 Å². The molecule has 2 atom stereocenters. The summed E-state index contributed by atoms with van der Waals surface area (Å²) in [6.07, 6.45) is 1.85. The molecule has 1 fully saturated rings. The van der Waals surface area contributed by atoms with Gasteiger partial charge in [0.2, 0.25) is 0 Å². The molecule has 1 N–H and O–H groups in total. The lowest BCUT2D eigenvalue weighted by Crippen LogP contribution is -2.35. The van der Waals surface area contributed by atoms with E-state index >= 15 is 0 Å². The van der Waals surface area contributed by atoms with Crippen LogP contribution in [0.1, 0.15) is 34.7 Å². The molecule has 134 valence electrons. The summed E-state index contributed by atoms with van der Waals surface area (Å²) in [5.41, 5.74) is 4.90. The number of hydrogen-bond donors (Lipinski definition) is 1. The van der Waals surface area contributed by atoms with Gasteiger partial charge in [-0.1, -0.05) is 6.07 Å². The molecule has 0 aromatic carbocycles. The van der Waals surface area contributed by atoms with Crippen molar-refractivity contribution in [1.29, 1.82) is 0 Å². The highest BCUT2D eigenvalue weighted by Crippen LogP contribution is 2.40. The van der Waals surface area contributed by atoms with E-state index in [1.54, 1.807) is 0 Å². The monoisotopic (exact) mass is 357 g/mol. The number of aryl methyl sites for hydroxylation is 1. The number of likely N-dealkylation sites (N-methyl/N-ethyl adjacent to an activating group) is 1. The lowest BCUT2D eigenvalue weighted by atomic mass is 9.97. The normalized spacial score (nSPS) is 20.4. The van der Waals surface area contributed by atoms with Crippen LogP contribution in [0.3, 0.4) is 0 Å². The number of hydrogen-bond acceptors (Lipinski definition) is 3. The van der Waals surface area contributed by atoms with Crippen molar-refractivity contribution in [2.75, 3.05) is 27.2 Å². The standard InChI is InChI=1S/C19H27N5S/c1-13-12-15(14(2)23(13)5)18-17(16-8-6-7-9-20-16)21-19(25)24(18)11-10-22(3)4/h6-9,12,17-18H,10-11H2,1-5H3,(H,21,25)/t17-,18-/m0/s1. The first-order chi connectivity index (χ1) is 11.9. The van der Waals surface area contributed by atoms with E-state index < -0.39 is 0 Å². The molecule has 3 rings (SSSR count). The average Bonchev–Trinajstić information content (AvgIpc) is 3.05. The molecule has 3 heterocycles. The summed E-state index contributed by atoms with van der Waals surface area (Å²) in [5.74, 6) is 0. The number of nitrogens with zero attached hydrogens (tertiary/aromatic N) is 4. The van der Waals surface area contributed by atoms with Crippen LogP contribution < -0.4 is 5.32 Å². The third-order valence-electron chi connectivity index (χ3n) is 5.12. The van der Waals surface area contributed by atoms with Crippen LogP contribution in [0.25, 0.3) is 0 Å². The Labute approximate surface area is 155 Å². The highest BCUT2D eigenvalue weighted by molar-refractivity contribution is 7.80. The van der Waals surface area contributed by atoms with Crippen molar-refractivity contribution in [3.8, 4) is 0 Å². The summed E-state index contributed by atoms with van der Waals surface area (Å²) < 4.78 is 2.25. The van der Waals surface area contributed by atoms with Gasteiger partial charge >= 0.3 is 0 Å². The highest BCUT2D eigenvalue weighted by Gasteiger charge is 2.40. The van der Waals surface area contributed by atoms with Gasteiger partial charge in [0.25, 0.3) is 0 Å². The van der Waals surface area contributed by atoms with Crippen LogP contribution in [0.5, 0.6) is 0 Å². The number of rotatable bonds is 5. The maximum absolute atomic E-state index is 5.69. The molecule has 0 amide bonds. The Morgan fingerprint density at radius 1 is 1.28 bits per heavy atom. The molecule has 0 spiro atoms. The van der Waals surface area contributed by atoms with E-state index in [9.17, 15) is 0 Å². The minimum Gasteiger partial charge on any atom is -0.352 e. The summed E-state index contributed by atoms with van der Waals surface area (Å²) in [7, 11) is 6.31. The van der Waals surface area contributed by atoms with E-state index in [-0.39, 0.29) is 12.1 Å². The Morgan fingerprint density at radius 3 is 2.60 bits per heavy atom. The summed E-state index contributed by atoms with van der Waals surface area (Å²) in [6, 6.07) is 8.57. The van der Waals surface area contributed by atoms with Crippen molar-refractivity contribution in [2.24, 2.45) is 7.05 Å². The first-order valence-electron chi connectivity index (χ1n) is 8.65. The molecule has 1 aliphatic heterocycles. The molecule has 0 aliphatic carbocycles. The topological polar surface area (TPSA) is 36.3 Å². The second kappa shape index (κ2) is 7.14. The first-order valence-corrected chi connectivity index (χ1v) is 9.06. The Morgan fingerprint density at radius 2 is 2.04 bits per heavy atom. The Hall–Kier alpha value is -1.92. The fourth-order valence-electron chi connectivity index (χ4n) is 3.48. The third kappa shape index (κ3) is 3.41. The largest absolute Gasteiger partial charge is 0.352 e. The molecule has 1 aliphatic rings. The van der Waals surface area contributed by atoms with E-state index in [1.807, 2.05) is 18.3 Å². The fraction of sp³-hybridized carbons (Fsp3) is 0.474. The SMILES string of the molecule is Cc1cc([C@H]2[C@H](c3ccccn3)NC(=S)N2CCN(C)C)c(C)n1C. The van der Waals surface area contributed by atoms with Crippen molar-refractivity contribution in [3.05, 3.63) is 53.1 Å². The zero-order valence-corrected chi connectivity index (χ0v) is 16.5. The van der Waals surface area contributed by atoms with E-state index in [1.165, 1.54) is 17.0 Å². The molecule has 6 heteroatoms. The molecule has 2 aromatic rings. The average molecular weight is 358 g/mol. The zero-order valence-electron chi connectivity index (χ0n) is 15.7. The Kier molecular flexibility index (Phi) is 5.11. The van der Waals surface area contributed by atoms with Gasteiger partial charge in [0.05, 0.1) is 17.8 Å². The van der Waals surface area contributed by atoms with Gasteiger partial charge in [-0.15, -0.1) is 0 Å². The lowest BCUT2D eigenvalue weighted by molar-refractivity contribution is 0.277. The summed E-state index contributed by atoms with van der Waals surface area (Å²) in [5, 5.41) is 4.32. The van der Waals surface area contributed by atoms with Crippen molar-refractivity contribution >= 4 is 17.3 Å². The molecule has 0 unspecified atom stereocenters. The van der Waals surface area contributed by atoms with Gasteiger partial charge in [-0.05, 0) is 63.9 Å². The van der Waals surface area contributed by atoms with Crippen LogP contribution in [0.15, 0.2) is 30.5 Å². The van der Waals surface area contributed by atoms with Gasteiger partial charge in [0, 0.05) is 37.7 Å². The van der Waals surface area contributed by atoms with Gasteiger partial charge < -0.3 is 19.7 Å². The number of thiocarbonyl (C=S) groups is 1. The van der Waals surface area contributed by atoms with Crippen LogP contribution in [-0.4, -0.2) is 51.6 Å². The molecule has 1 saturated heterocycles. The number of pyridine rings is 1. The number of aromatic nitrogens is 2. The predicted molar refractivity (Wildman–Crippen MR) is 106 cm³/mol. The van der Waals surface area contributed by atoms with Crippen LogP contribution in [0.4, 0.5) is 0 Å². The van der Waals surface area contributed by atoms with Crippen molar-refractivity contribution in [1.82, 2.24) is 24.7 Å².